The molecule has 4 heteroatoms. The number of nitrogens with zero attached hydrogens (tertiary/aromatic N) is 2. The molecule has 3 N–H and O–H groups in total. The first-order valence-corrected chi connectivity index (χ1v) is 6.14. The number of aliphatic imine (C=N–C) groups is 2. The van der Waals surface area contributed by atoms with Gasteiger partial charge in [0.15, 0.2) is 0 Å². The Hall–Kier alpha value is -2.62. The molecule has 104 valence electrons. The first kappa shape index (κ1) is 15.4. The van der Waals surface area contributed by atoms with E-state index < -0.39 is 0 Å². The maximum atomic E-state index is 9.67. The average molecular weight is 269 g/mol. The van der Waals surface area contributed by atoms with Gasteiger partial charge in [-0.1, -0.05) is 31.4 Å². The maximum absolute atomic E-state index is 9.67. The summed E-state index contributed by atoms with van der Waals surface area (Å²) in [5.74, 6) is 0.386. The molecule has 0 aliphatic rings. The number of allylic oxidation sites excluding steroid dienone is 2. The van der Waals surface area contributed by atoms with Gasteiger partial charge in [0.05, 0.1) is 12.1 Å². The zero-order chi connectivity index (χ0) is 15.0. The molecule has 0 radical (unpaired) electrons. The molecule has 0 saturated carbocycles. The van der Waals surface area contributed by atoms with Crippen LogP contribution >= 0.6 is 0 Å². The van der Waals surface area contributed by atoms with Crippen LogP contribution in [0, 0.1) is 0 Å². The van der Waals surface area contributed by atoms with Crippen molar-refractivity contribution in [3.8, 4) is 5.75 Å². The van der Waals surface area contributed by atoms with Crippen molar-refractivity contribution in [3.63, 3.8) is 0 Å². The van der Waals surface area contributed by atoms with Gasteiger partial charge in [0, 0.05) is 11.9 Å². The third-order valence-electron chi connectivity index (χ3n) is 2.62. The number of phenols is 1. The average Bonchev–Trinajstić information content (AvgIpc) is 2.45. The van der Waals surface area contributed by atoms with E-state index in [2.05, 4.69) is 23.1 Å². The van der Waals surface area contributed by atoms with E-state index >= 15 is 0 Å². The van der Waals surface area contributed by atoms with E-state index in [0.29, 0.717) is 12.1 Å². The predicted molar refractivity (Wildman–Crippen MR) is 85.3 cm³/mol. The first-order chi connectivity index (χ1) is 9.56. The number of rotatable bonds is 6. The van der Waals surface area contributed by atoms with Crippen molar-refractivity contribution >= 4 is 11.5 Å². The van der Waals surface area contributed by atoms with Gasteiger partial charge in [-0.15, -0.1) is 0 Å². The second-order valence-electron chi connectivity index (χ2n) is 4.11. The highest BCUT2D eigenvalue weighted by Gasteiger charge is 2.04. The highest BCUT2D eigenvalue weighted by atomic mass is 16.3. The molecular formula is C16H19N3O. The van der Waals surface area contributed by atoms with E-state index in [1.807, 2.05) is 6.92 Å². The van der Waals surface area contributed by atoms with Gasteiger partial charge in [-0.05, 0) is 30.7 Å². The lowest BCUT2D eigenvalue weighted by Gasteiger charge is -2.05. The SMILES string of the molecule is C=C/C=C\N=C(C)C(=C)CN=C(N)c1ccccc1O. The lowest BCUT2D eigenvalue weighted by Crippen LogP contribution is -2.15. The molecule has 0 aliphatic carbocycles. The second kappa shape index (κ2) is 7.74. The minimum atomic E-state index is 0.110. The number of hydrogen-bond acceptors (Lipinski definition) is 3. The van der Waals surface area contributed by atoms with Crippen molar-refractivity contribution < 1.29 is 5.11 Å². The van der Waals surface area contributed by atoms with Gasteiger partial charge in [-0.25, -0.2) is 0 Å². The summed E-state index contributed by atoms with van der Waals surface area (Å²) in [5, 5.41) is 9.67. The van der Waals surface area contributed by atoms with Crippen LogP contribution in [0.4, 0.5) is 0 Å². The smallest absolute Gasteiger partial charge is 0.129 e. The van der Waals surface area contributed by atoms with Crippen LogP contribution in [-0.4, -0.2) is 23.2 Å². The standard InChI is InChI=1S/C16H19N3O/c1-4-5-10-18-13(3)12(2)11-19-16(17)14-8-6-7-9-15(14)20/h4-10,20H,1-2,11H2,3H3,(H2,17,19)/b10-5-,18-13?. The van der Waals surface area contributed by atoms with Gasteiger partial charge in [-0.3, -0.25) is 9.98 Å². The van der Waals surface area contributed by atoms with Crippen molar-refractivity contribution in [1.82, 2.24) is 0 Å². The molecule has 0 amide bonds. The van der Waals surface area contributed by atoms with Gasteiger partial charge in [0.1, 0.15) is 11.6 Å². The molecule has 0 aromatic heterocycles. The minimum absolute atomic E-state index is 0.110. The van der Waals surface area contributed by atoms with Crippen molar-refractivity contribution in [2.45, 2.75) is 6.92 Å². The van der Waals surface area contributed by atoms with Crippen LogP contribution in [0.2, 0.25) is 0 Å². The number of para-hydroxylation sites is 1. The molecule has 0 saturated heterocycles. The monoisotopic (exact) mass is 269 g/mol. The van der Waals surface area contributed by atoms with E-state index in [-0.39, 0.29) is 11.6 Å². The molecule has 4 nitrogen and oxygen atoms in total. The summed E-state index contributed by atoms with van der Waals surface area (Å²) < 4.78 is 0. The van der Waals surface area contributed by atoms with Gasteiger partial charge in [0.25, 0.3) is 0 Å². The van der Waals surface area contributed by atoms with Crippen LogP contribution in [0.1, 0.15) is 12.5 Å². The third kappa shape index (κ3) is 4.57. The zero-order valence-electron chi connectivity index (χ0n) is 11.6. The number of amidine groups is 1. The Balaban J connectivity index is 2.75. The molecule has 1 aromatic carbocycles. The predicted octanol–water partition coefficient (Wildman–Crippen LogP) is 2.81. The molecular weight excluding hydrogens is 250 g/mol. The summed E-state index contributed by atoms with van der Waals surface area (Å²) >= 11 is 0. The minimum Gasteiger partial charge on any atom is -0.507 e. The van der Waals surface area contributed by atoms with Crippen LogP contribution in [-0.2, 0) is 0 Å². The molecule has 1 aromatic rings. The fraction of sp³-hybridized carbons (Fsp3) is 0.125. The number of phenolic OH excluding ortho intramolecular Hbond substituents is 1. The molecule has 0 bridgehead atoms. The second-order valence-corrected chi connectivity index (χ2v) is 4.11. The molecule has 1 rings (SSSR count). The lowest BCUT2D eigenvalue weighted by atomic mass is 10.1. The maximum Gasteiger partial charge on any atom is 0.129 e. The summed E-state index contributed by atoms with van der Waals surface area (Å²) in [6.07, 6.45) is 5.02. The number of nitrogens with two attached hydrogens (primary N) is 1. The normalized spacial score (nSPS) is 12.7. The summed E-state index contributed by atoms with van der Waals surface area (Å²) in [4.78, 5) is 8.40. The van der Waals surface area contributed by atoms with Crippen molar-refractivity contribution in [1.29, 1.82) is 0 Å². The van der Waals surface area contributed by atoms with Crippen LogP contribution in [0.3, 0.4) is 0 Å². The molecule has 0 spiro atoms. The number of aromatic hydroxyl groups is 1. The Morgan fingerprint density at radius 3 is 2.75 bits per heavy atom. The first-order valence-electron chi connectivity index (χ1n) is 6.14. The van der Waals surface area contributed by atoms with Gasteiger partial charge in [-0.2, -0.15) is 0 Å². The third-order valence-corrected chi connectivity index (χ3v) is 2.62. The molecule has 0 fully saturated rings. The van der Waals surface area contributed by atoms with Crippen LogP contribution < -0.4 is 5.73 Å². The quantitative estimate of drug-likeness (QED) is 0.473. The summed E-state index contributed by atoms with van der Waals surface area (Å²) in [5.41, 5.74) is 7.90. The fourth-order valence-electron chi connectivity index (χ4n) is 1.38. The summed E-state index contributed by atoms with van der Waals surface area (Å²) in [7, 11) is 0. The number of hydrogen-bond donors (Lipinski definition) is 2. The van der Waals surface area contributed by atoms with Crippen molar-refractivity contribution in [3.05, 3.63) is 66.9 Å². The molecule has 0 aliphatic heterocycles. The molecule has 0 heterocycles. The Bertz CT molecular complexity index is 583. The highest BCUT2D eigenvalue weighted by Crippen LogP contribution is 2.15. The molecule has 0 atom stereocenters. The Labute approximate surface area is 119 Å². The van der Waals surface area contributed by atoms with E-state index in [1.54, 1.807) is 42.6 Å². The van der Waals surface area contributed by atoms with Crippen LogP contribution in [0.5, 0.6) is 5.75 Å². The van der Waals surface area contributed by atoms with E-state index in [9.17, 15) is 5.11 Å². The molecule has 20 heavy (non-hydrogen) atoms. The summed E-state index contributed by atoms with van der Waals surface area (Å²) in [6.45, 7) is 9.65. The van der Waals surface area contributed by atoms with Crippen molar-refractivity contribution in [2.75, 3.05) is 6.54 Å². The largest absolute Gasteiger partial charge is 0.507 e. The van der Waals surface area contributed by atoms with Crippen molar-refractivity contribution in [2.24, 2.45) is 15.7 Å². The Kier molecular flexibility index (Phi) is 5.97. The summed E-state index contributed by atoms with van der Waals surface area (Å²) in [6, 6.07) is 6.80. The molecule has 0 unspecified atom stereocenters. The van der Waals surface area contributed by atoms with E-state index in [1.165, 1.54) is 0 Å². The van der Waals surface area contributed by atoms with E-state index in [0.717, 1.165) is 11.3 Å². The van der Waals surface area contributed by atoms with Crippen LogP contribution in [0.25, 0.3) is 0 Å². The Morgan fingerprint density at radius 1 is 1.40 bits per heavy atom. The fourth-order valence-corrected chi connectivity index (χ4v) is 1.38. The topological polar surface area (TPSA) is 71.0 Å². The van der Waals surface area contributed by atoms with E-state index in [4.69, 9.17) is 5.73 Å². The highest BCUT2D eigenvalue weighted by molar-refractivity contribution is 6.01. The number of benzene rings is 1. The van der Waals surface area contributed by atoms with Gasteiger partial charge < -0.3 is 10.8 Å². The lowest BCUT2D eigenvalue weighted by molar-refractivity contribution is 0.474. The van der Waals surface area contributed by atoms with Gasteiger partial charge >= 0.3 is 0 Å². The van der Waals surface area contributed by atoms with Crippen LogP contribution in [0.15, 0.2) is 71.3 Å². The zero-order valence-corrected chi connectivity index (χ0v) is 11.6. The Morgan fingerprint density at radius 2 is 2.10 bits per heavy atom. The van der Waals surface area contributed by atoms with Gasteiger partial charge in [0.2, 0.25) is 0 Å².